The van der Waals surface area contributed by atoms with Crippen LogP contribution in [0.1, 0.15) is 133 Å². The molecule has 0 amide bonds. The molecule has 0 unspecified atom stereocenters. The SMILES string of the molecule is C=C(C)[C@@H]1CC[C@]2(NC[C@@H]([C@@H](C)O)N3CCS(=O)(=O)CC3)CC[C@]3(C)[C@H](CC[C@@H]4[C@@]5(C)CC[C@H](OC(=O)[C@H]6C[C@@H](C(=O)O)C6(C)C)C(C)(C)[C@@H]5CC[C@]43C)[C@@H]12. The van der Waals surface area contributed by atoms with E-state index in [1.807, 2.05) is 20.8 Å². The Morgan fingerprint density at radius 3 is 2.13 bits per heavy atom. The molecule has 0 bridgehead atoms. The van der Waals surface area contributed by atoms with Crippen molar-refractivity contribution in [3.63, 3.8) is 0 Å². The normalized spacial score (nSPS) is 46.7. The van der Waals surface area contributed by atoms with Crippen LogP contribution in [0.15, 0.2) is 12.2 Å². The number of sulfone groups is 1. The van der Waals surface area contributed by atoms with Gasteiger partial charge in [0.05, 0.1) is 29.4 Å². The Hall–Kier alpha value is -1.49. The molecule has 6 saturated carbocycles. The number of hydrogen-bond donors (Lipinski definition) is 3. The van der Waals surface area contributed by atoms with E-state index in [-0.39, 0.29) is 62.7 Å². The number of carbonyl (C=O) groups excluding carboxylic acids is 1. The highest BCUT2D eigenvalue weighted by molar-refractivity contribution is 7.91. The standard InChI is InChI=1S/C45H74N2O7S/c1-27(2)29-13-18-45(46-26-33(28(3)48)47-21-23-55(52,53)24-22-47)20-19-43(9)30(37(29)45)11-12-35-42(8)16-15-36(41(6,7)34(42)14-17-44(35,43)10)54-39(51)32-25-31(38(49)50)40(32,4)5/h28-37,46,48H,1,11-26H2,2-10H3,(H,49,50)/t28-,29+,30-,31+,32-,33+,34+,35-,36+,37-,42+,43-,44-,45+/m1/s1. The lowest BCUT2D eigenvalue weighted by molar-refractivity contribution is -0.248. The molecule has 0 spiro atoms. The van der Waals surface area contributed by atoms with E-state index in [1.165, 1.54) is 31.3 Å². The zero-order valence-corrected chi connectivity index (χ0v) is 36.4. The molecule has 14 atom stereocenters. The summed E-state index contributed by atoms with van der Waals surface area (Å²) >= 11 is 0. The van der Waals surface area contributed by atoms with Crippen LogP contribution in [0.25, 0.3) is 0 Å². The number of allylic oxidation sites excluding steroid dienone is 1. The molecule has 7 fully saturated rings. The van der Waals surface area contributed by atoms with Crippen molar-refractivity contribution >= 4 is 21.8 Å². The predicted octanol–water partition coefficient (Wildman–Crippen LogP) is 7.12. The third kappa shape index (κ3) is 6.33. The van der Waals surface area contributed by atoms with Gasteiger partial charge in [0.2, 0.25) is 0 Å². The molecular formula is C45H74N2O7S. The molecule has 55 heavy (non-hydrogen) atoms. The third-order valence-corrected chi connectivity index (χ3v) is 20.8. The van der Waals surface area contributed by atoms with Crippen LogP contribution in [-0.2, 0) is 24.2 Å². The molecule has 0 aromatic heterocycles. The number of aliphatic hydroxyl groups is 1. The van der Waals surface area contributed by atoms with E-state index in [9.17, 15) is 28.2 Å². The minimum atomic E-state index is -3.00. The fourth-order valence-corrected chi connectivity index (χ4v) is 16.8. The maximum Gasteiger partial charge on any atom is 0.309 e. The average molecular weight is 787 g/mol. The number of aliphatic carboxylic acids is 1. The molecule has 0 aromatic rings. The third-order valence-electron chi connectivity index (χ3n) is 19.2. The van der Waals surface area contributed by atoms with Gasteiger partial charge in [0.15, 0.2) is 9.84 Å². The number of rotatable bonds is 9. The first kappa shape index (κ1) is 41.7. The van der Waals surface area contributed by atoms with Crippen molar-refractivity contribution in [1.82, 2.24) is 10.2 Å². The summed E-state index contributed by atoms with van der Waals surface area (Å²) in [5.41, 5.74) is 1.00. The van der Waals surface area contributed by atoms with E-state index in [1.54, 1.807) is 0 Å². The topological polar surface area (TPSA) is 133 Å². The Morgan fingerprint density at radius 2 is 1.53 bits per heavy atom. The van der Waals surface area contributed by atoms with Gasteiger partial charge in [-0.05, 0) is 136 Å². The quantitative estimate of drug-likeness (QED) is 0.165. The van der Waals surface area contributed by atoms with E-state index in [4.69, 9.17) is 4.74 Å². The Kier molecular flexibility index (Phi) is 10.4. The van der Waals surface area contributed by atoms with Crippen molar-refractivity contribution in [2.45, 2.75) is 157 Å². The van der Waals surface area contributed by atoms with Gasteiger partial charge in [-0.15, -0.1) is 0 Å². The molecule has 0 radical (unpaired) electrons. The highest BCUT2D eigenvalue weighted by Gasteiger charge is 2.71. The Balaban J connectivity index is 1.10. The summed E-state index contributed by atoms with van der Waals surface area (Å²) in [6.07, 6.45) is 10.8. The number of aliphatic hydroxyl groups excluding tert-OH is 1. The first-order chi connectivity index (χ1) is 25.5. The number of fused-ring (bicyclic) bond motifs is 7. The van der Waals surface area contributed by atoms with Crippen molar-refractivity contribution in [3.05, 3.63) is 12.2 Å². The molecule has 0 aromatic carbocycles. The Morgan fingerprint density at radius 1 is 0.855 bits per heavy atom. The van der Waals surface area contributed by atoms with Crippen molar-refractivity contribution in [2.24, 2.45) is 68.5 Å². The molecule has 1 heterocycles. The number of carboxylic acids is 1. The number of nitrogens with one attached hydrogen (secondary N) is 1. The molecule has 9 nitrogen and oxygen atoms in total. The summed E-state index contributed by atoms with van der Waals surface area (Å²) in [7, 11) is -3.00. The maximum absolute atomic E-state index is 13.6. The largest absolute Gasteiger partial charge is 0.481 e. The van der Waals surface area contributed by atoms with Gasteiger partial charge in [0.1, 0.15) is 6.10 Å². The van der Waals surface area contributed by atoms with Gasteiger partial charge >= 0.3 is 11.9 Å². The summed E-state index contributed by atoms with van der Waals surface area (Å²) in [4.78, 5) is 27.6. The minimum Gasteiger partial charge on any atom is -0.481 e. The van der Waals surface area contributed by atoms with Crippen molar-refractivity contribution in [2.75, 3.05) is 31.1 Å². The first-order valence-corrected chi connectivity index (χ1v) is 23.7. The van der Waals surface area contributed by atoms with Crippen molar-refractivity contribution in [1.29, 1.82) is 0 Å². The van der Waals surface area contributed by atoms with Crippen LogP contribution in [0.4, 0.5) is 0 Å². The summed E-state index contributed by atoms with van der Waals surface area (Å²) in [5.74, 6) is 0.964. The number of hydrogen-bond acceptors (Lipinski definition) is 8. The van der Waals surface area contributed by atoms with Gasteiger partial charge in [-0.2, -0.15) is 0 Å². The van der Waals surface area contributed by atoms with E-state index in [0.717, 1.165) is 38.5 Å². The number of ether oxygens (including phenoxy) is 1. The number of carboxylic acid groups (broad SMARTS) is 1. The highest BCUT2D eigenvalue weighted by atomic mass is 32.2. The molecule has 1 aliphatic heterocycles. The highest BCUT2D eigenvalue weighted by Crippen LogP contribution is 2.76. The van der Waals surface area contributed by atoms with Crippen LogP contribution in [0.2, 0.25) is 0 Å². The molecule has 7 rings (SSSR count). The predicted molar refractivity (Wildman–Crippen MR) is 216 cm³/mol. The molecule has 6 aliphatic carbocycles. The van der Waals surface area contributed by atoms with E-state index in [0.29, 0.717) is 55.6 Å². The smallest absolute Gasteiger partial charge is 0.309 e. The van der Waals surface area contributed by atoms with Gasteiger partial charge < -0.3 is 20.3 Å². The molecule has 3 N–H and O–H groups in total. The van der Waals surface area contributed by atoms with Crippen molar-refractivity contribution < 1.29 is 33.0 Å². The lowest BCUT2D eigenvalue weighted by Crippen LogP contribution is -2.69. The second kappa shape index (κ2) is 13.8. The fraction of sp³-hybridized carbons (Fsp3) is 0.911. The van der Waals surface area contributed by atoms with Crippen LogP contribution in [0.5, 0.6) is 0 Å². The lowest BCUT2D eigenvalue weighted by Gasteiger charge is -2.73. The second-order valence-electron chi connectivity index (χ2n) is 22.0. The summed E-state index contributed by atoms with van der Waals surface area (Å²) in [5, 5.41) is 24.8. The van der Waals surface area contributed by atoms with Crippen LogP contribution in [-0.4, -0.2) is 90.4 Å². The Labute approximate surface area is 332 Å². The number of carbonyl (C=O) groups is 2. The summed E-state index contributed by atoms with van der Waals surface area (Å²) < 4.78 is 30.9. The van der Waals surface area contributed by atoms with Crippen molar-refractivity contribution in [3.8, 4) is 0 Å². The molecule has 10 heteroatoms. The number of esters is 1. The molecule has 7 aliphatic rings. The number of nitrogens with zero attached hydrogens (tertiary/aromatic N) is 1. The first-order valence-electron chi connectivity index (χ1n) is 21.9. The van der Waals surface area contributed by atoms with E-state index < -0.39 is 33.2 Å². The van der Waals surface area contributed by atoms with Gasteiger partial charge in [0.25, 0.3) is 0 Å². The fourth-order valence-electron chi connectivity index (χ4n) is 15.6. The Bertz CT molecular complexity index is 1640. The van der Waals surface area contributed by atoms with Crippen LogP contribution in [0, 0.1) is 68.5 Å². The average Bonchev–Trinajstić information content (AvgIpc) is 3.46. The maximum atomic E-state index is 13.6. The van der Waals surface area contributed by atoms with Gasteiger partial charge in [0, 0.05) is 36.6 Å². The van der Waals surface area contributed by atoms with Crippen LogP contribution in [0.3, 0.4) is 0 Å². The molecule has 1 saturated heterocycles. The summed E-state index contributed by atoms with van der Waals surface area (Å²) in [6, 6.07) is -0.120. The van der Waals surface area contributed by atoms with E-state index >= 15 is 0 Å². The van der Waals surface area contributed by atoms with Gasteiger partial charge in [-0.3, -0.25) is 14.5 Å². The van der Waals surface area contributed by atoms with Crippen LogP contribution < -0.4 is 5.32 Å². The molecule has 312 valence electrons. The minimum absolute atomic E-state index is 0.0174. The second-order valence-corrected chi connectivity index (χ2v) is 24.3. The van der Waals surface area contributed by atoms with Gasteiger partial charge in [-0.1, -0.05) is 60.6 Å². The zero-order chi connectivity index (χ0) is 40.3. The summed E-state index contributed by atoms with van der Waals surface area (Å²) in [6.45, 7) is 26.7. The van der Waals surface area contributed by atoms with Crippen LogP contribution >= 0.6 is 0 Å². The van der Waals surface area contributed by atoms with Gasteiger partial charge in [-0.25, -0.2) is 8.42 Å². The monoisotopic (exact) mass is 787 g/mol. The zero-order valence-electron chi connectivity index (χ0n) is 35.6. The molecular weight excluding hydrogens is 713 g/mol. The lowest BCUT2D eigenvalue weighted by atomic mass is 9.32. The van der Waals surface area contributed by atoms with E-state index in [2.05, 4.69) is 58.3 Å².